The monoisotopic (exact) mass is 176 g/mol. The van der Waals surface area contributed by atoms with Gasteiger partial charge < -0.3 is 15.5 Å². The van der Waals surface area contributed by atoms with Gasteiger partial charge in [0.05, 0.1) is 6.20 Å². The molecule has 0 aromatic carbocycles. The molecule has 0 unspecified atom stereocenters. The molecule has 0 saturated heterocycles. The lowest BCUT2D eigenvalue weighted by Crippen LogP contribution is -1.95. The van der Waals surface area contributed by atoms with E-state index in [1.807, 2.05) is 0 Å². The van der Waals surface area contributed by atoms with Crippen molar-refractivity contribution in [1.29, 1.82) is 0 Å². The first-order chi connectivity index (χ1) is 6.34. The van der Waals surface area contributed by atoms with Gasteiger partial charge in [-0.1, -0.05) is 6.07 Å². The van der Waals surface area contributed by atoms with Gasteiger partial charge in [-0.2, -0.15) is 0 Å². The van der Waals surface area contributed by atoms with Crippen LogP contribution in [0.1, 0.15) is 0 Å². The number of hydrogen-bond donors (Lipinski definition) is 2. The van der Waals surface area contributed by atoms with E-state index in [1.165, 1.54) is 6.39 Å². The summed E-state index contributed by atoms with van der Waals surface area (Å²) in [6.07, 6.45) is 2.90. The van der Waals surface area contributed by atoms with Gasteiger partial charge in [0.25, 0.3) is 0 Å². The van der Waals surface area contributed by atoms with Gasteiger partial charge in [-0.15, -0.1) is 0 Å². The van der Waals surface area contributed by atoms with Crippen LogP contribution in [-0.2, 0) is 0 Å². The number of nitrogen functional groups attached to an aromatic ring is 1. The molecule has 0 saturated carbocycles. The van der Waals surface area contributed by atoms with Gasteiger partial charge in [0, 0.05) is 0 Å². The average molecular weight is 176 g/mol. The van der Waals surface area contributed by atoms with Crippen molar-refractivity contribution >= 4 is 17.5 Å². The van der Waals surface area contributed by atoms with Crippen LogP contribution in [0, 0.1) is 0 Å². The molecular weight excluding hydrogens is 168 g/mol. The number of oxazole rings is 1. The Morgan fingerprint density at radius 1 is 1.38 bits per heavy atom. The largest absolute Gasteiger partial charge is 0.428 e. The van der Waals surface area contributed by atoms with E-state index in [0.717, 1.165) is 0 Å². The molecule has 0 aliphatic carbocycles. The average Bonchev–Trinajstić information content (AvgIpc) is 2.57. The molecule has 2 rings (SSSR count). The zero-order valence-electron chi connectivity index (χ0n) is 6.77. The molecule has 0 aliphatic rings. The Bertz CT molecular complexity index is 385. The fourth-order valence-corrected chi connectivity index (χ4v) is 0.925. The van der Waals surface area contributed by atoms with Crippen LogP contribution in [0.2, 0.25) is 0 Å². The van der Waals surface area contributed by atoms with E-state index in [0.29, 0.717) is 17.5 Å². The SMILES string of the molecule is Nc1cccc(Nc2cnco2)n1. The predicted molar refractivity (Wildman–Crippen MR) is 48.4 cm³/mol. The molecule has 0 amide bonds. The minimum atomic E-state index is 0.463. The maximum Gasteiger partial charge on any atom is 0.218 e. The topological polar surface area (TPSA) is 77.0 Å². The summed E-state index contributed by atoms with van der Waals surface area (Å²) >= 11 is 0. The van der Waals surface area contributed by atoms with Crippen LogP contribution in [-0.4, -0.2) is 9.97 Å². The number of anilines is 3. The van der Waals surface area contributed by atoms with Crippen LogP contribution >= 0.6 is 0 Å². The summed E-state index contributed by atoms with van der Waals surface area (Å²) in [5.74, 6) is 1.64. The third-order valence-electron chi connectivity index (χ3n) is 1.45. The summed E-state index contributed by atoms with van der Waals surface area (Å²) in [7, 11) is 0. The minimum Gasteiger partial charge on any atom is -0.428 e. The molecule has 13 heavy (non-hydrogen) atoms. The smallest absolute Gasteiger partial charge is 0.218 e. The summed E-state index contributed by atoms with van der Waals surface area (Å²) in [6, 6.07) is 5.31. The van der Waals surface area contributed by atoms with Crippen LogP contribution in [0.15, 0.2) is 35.2 Å². The van der Waals surface area contributed by atoms with Crippen molar-refractivity contribution in [2.75, 3.05) is 11.1 Å². The van der Waals surface area contributed by atoms with Gasteiger partial charge in [-0.3, -0.25) is 0 Å². The third-order valence-corrected chi connectivity index (χ3v) is 1.45. The van der Waals surface area contributed by atoms with Crippen LogP contribution < -0.4 is 11.1 Å². The van der Waals surface area contributed by atoms with Crippen LogP contribution in [0.3, 0.4) is 0 Å². The number of pyridine rings is 1. The molecule has 2 heterocycles. The van der Waals surface area contributed by atoms with Crippen LogP contribution in [0.4, 0.5) is 17.5 Å². The Labute approximate surface area is 74.6 Å². The summed E-state index contributed by atoms with van der Waals surface area (Å²) in [5.41, 5.74) is 5.49. The number of nitrogens with one attached hydrogen (secondary N) is 1. The van der Waals surface area contributed by atoms with Crippen molar-refractivity contribution in [2.24, 2.45) is 0 Å². The molecule has 2 aromatic rings. The maximum absolute atomic E-state index is 5.49. The van der Waals surface area contributed by atoms with Crippen molar-refractivity contribution in [1.82, 2.24) is 9.97 Å². The van der Waals surface area contributed by atoms with Gasteiger partial charge in [-0.05, 0) is 12.1 Å². The molecule has 0 fully saturated rings. The van der Waals surface area contributed by atoms with E-state index < -0.39 is 0 Å². The number of rotatable bonds is 2. The lowest BCUT2D eigenvalue weighted by Gasteiger charge is -2.00. The molecule has 0 radical (unpaired) electrons. The molecule has 5 nitrogen and oxygen atoms in total. The zero-order valence-corrected chi connectivity index (χ0v) is 6.77. The first-order valence-electron chi connectivity index (χ1n) is 3.72. The first-order valence-corrected chi connectivity index (χ1v) is 3.72. The fraction of sp³-hybridized carbons (Fsp3) is 0. The second kappa shape index (κ2) is 3.14. The van der Waals surface area contributed by atoms with Crippen molar-refractivity contribution in [3.8, 4) is 0 Å². The number of hydrogen-bond acceptors (Lipinski definition) is 5. The Kier molecular flexibility index (Phi) is 1.84. The van der Waals surface area contributed by atoms with Crippen molar-refractivity contribution in [3.63, 3.8) is 0 Å². The van der Waals surface area contributed by atoms with E-state index in [-0.39, 0.29) is 0 Å². The molecule has 0 atom stereocenters. The number of aromatic nitrogens is 2. The fourth-order valence-electron chi connectivity index (χ4n) is 0.925. The Hall–Kier alpha value is -2.04. The summed E-state index contributed by atoms with van der Waals surface area (Å²) in [5, 5.41) is 2.90. The Balaban J connectivity index is 2.19. The molecule has 66 valence electrons. The number of nitrogens with zero attached hydrogens (tertiary/aromatic N) is 2. The standard InChI is InChI=1S/C8H8N4O/c9-6-2-1-3-7(11-6)12-8-4-10-5-13-8/h1-5H,(H3,9,11,12). The highest BCUT2D eigenvalue weighted by Crippen LogP contribution is 2.13. The highest BCUT2D eigenvalue weighted by atomic mass is 16.4. The maximum atomic E-state index is 5.49. The third kappa shape index (κ3) is 1.76. The first kappa shape index (κ1) is 7.60. The molecular formula is C8H8N4O. The lowest BCUT2D eigenvalue weighted by atomic mass is 10.4. The van der Waals surface area contributed by atoms with Crippen LogP contribution in [0.25, 0.3) is 0 Å². The van der Waals surface area contributed by atoms with Gasteiger partial charge >= 0.3 is 0 Å². The quantitative estimate of drug-likeness (QED) is 0.723. The highest BCUT2D eigenvalue weighted by Gasteiger charge is 1.97. The molecule has 2 aromatic heterocycles. The van der Waals surface area contributed by atoms with Crippen LogP contribution in [0.5, 0.6) is 0 Å². The van der Waals surface area contributed by atoms with E-state index in [4.69, 9.17) is 10.2 Å². The van der Waals surface area contributed by atoms with E-state index in [1.54, 1.807) is 24.4 Å². The van der Waals surface area contributed by atoms with Crippen molar-refractivity contribution in [3.05, 3.63) is 30.8 Å². The lowest BCUT2D eigenvalue weighted by molar-refractivity contribution is 0.574. The minimum absolute atomic E-state index is 0.463. The molecule has 5 heteroatoms. The second-order valence-corrected chi connectivity index (χ2v) is 2.44. The molecule has 0 aliphatic heterocycles. The zero-order chi connectivity index (χ0) is 9.10. The van der Waals surface area contributed by atoms with Crippen molar-refractivity contribution in [2.45, 2.75) is 0 Å². The van der Waals surface area contributed by atoms with Gasteiger partial charge in [0.2, 0.25) is 5.88 Å². The van der Waals surface area contributed by atoms with Crippen molar-refractivity contribution < 1.29 is 4.42 Å². The van der Waals surface area contributed by atoms with Gasteiger partial charge in [0.15, 0.2) is 6.39 Å². The predicted octanol–water partition coefficient (Wildman–Crippen LogP) is 1.40. The molecule has 3 N–H and O–H groups in total. The summed E-state index contributed by atoms with van der Waals surface area (Å²) in [4.78, 5) is 7.78. The Morgan fingerprint density at radius 2 is 2.31 bits per heavy atom. The van der Waals surface area contributed by atoms with E-state index in [9.17, 15) is 0 Å². The summed E-state index contributed by atoms with van der Waals surface area (Å²) in [6.45, 7) is 0. The number of nitrogens with two attached hydrogens (primary N) is 1. The van der Waals surface area contributed by atoms with Gasteiger partial charge in [-0.25, -0.2) is 9.97 Å². The highest BCUT2D eigenvalue weighted by molar-refractivity contribution is 5.51. The second-order valence-electron chi connectivity index (χ2n) is 2.44. The normalized spacial score (nSPS) is 9.85. The molecule has 0 bridgehead atoms. The Morgan fingerprint density at radius 3 is 3.00 bits per heavy atom. The molecule has 0 spiro atoms. The van der Waals surface area contributed by atoms with E-state index in [2.05, 4.69) is 15.3 Å². The van der Waals surface area contributed by atoms with Gasteiger partial charge in [0.1, 0.15) is 11.6 Å². The summed E-state index contributed by atoms with van der Waals surface area (Å²) < 4.78 is 4.97. The van der Waals surface area contributed by atoms with E-state index >= 15 is 0 Å².